The molecular weight excluding hydrogens is 276 g/mol. The molecule has 0 spiro atoms. The van der Waals surface area contributed by atoms with Gasteiger partial charge in [0.1, 0.15) is 0 Å². The first-order valence-electron chi connectivity index (χ1n) is 5.90. The van der Waals surface area contributed by atoms with Gasteiger partial charge in [-0.05, 0) is 45.9 Å². The van der Waals surface area contributed by atoms with Crippen molar-refractivity contribution in [2.24, 2.45) is 5.73 Å². The normalized spacial score (nSPS) is 12.6. The predicted octanol–water partition coefficient (Wildman–Crippen LogP) is 4.18. The maximum atomic E-state index is 6.26. The van der Waals surface area contributed by atoms with E-state index in [4.69, 9.17) is 5.73 Å². The van der Waals surface area contributed by atoms with E-state index in [1.54, 1.807) is 0 Å². The van der Waals surface area contributed by atoms with Crippen LogP contribution in [0.2, 0.25) is 0 Å². The summed E-state index contributed by atoms with van der Waals surface area (Å²) in [5, 5.41) is 1.25. The van der Waals surface area contributed by atoms with E-state index in [0.717, 1.165) is 4.47 Å². The van der Waals surface area contributed by atoms with Crippen molar-refractivity contribution in [2.75, 3.05) is 0 Å². The summed E-state index contributed by atoms with van der Waals surface area (Å²) in [5.41, 5.74) is 8.36. The van der Waals surface area contributed by atoms with Crippen molar-refractivity contribution in [3.8, 4) is 0 Å². The van der Waals surface area contributed by atoms with E-state index in [9.17, 15) is 0 Å². The largest absolute Gasteiger partial charge is 0.340 e. The highest BCUT2D eigenvalue weighted by Crippen LogP contribution is 2.31. The summed E-state index contributed by atoms with van der Waals surface area (Å²) >= 11 is 3.53. The number of nitrogens with zero attached hydrogens (tertiary/aromatic N) is 1. The predicted molar refractivity (Wildman–Crippen MR) is 77.2 cm³/mol. The van der Waals surface area contributed by atoms with Crippen molar-refractivity contribution in [3.05, 3.63) is 34.4 Å². The third kappa shape index (κ3) is 2.26. The zero-order valence-corrected chi connectivity index (χ0v) is 12.4. The molecule has 0 bridgehead atoms. The maximum Gasteiger partial charge on any atom is 0.0506 e. The first-order chi connectivity index (χ1) is 7.80. The fraction of sp³-hybridized carbons (Fsp3) is 0.429. The monoisotopic (exact) mass is 294 g/mol. The van der Waals surface area contributed by atoms with Gasteiger partial charge in [-0.15, -0.1) is 0 Å². The van der Waals surface area contributed by atoms with Crippen molar-refractivity contribution in [1.82, 2.24) is 4.57 Å². The fourth-order valence-corrected chi connectivity index (χ4v) is 2.60. The van der Waals surface area contributed by atoms with E-state index < -0.39 is 0 Å². The van der Waals surface area contributed by atoms with Crippen LogP contribution in [0.3, 0.4) is 0 Å². The molecule has 2 N–H and O–H groups in total. The van der Waals surface area contributed by atoms with Crippen LogP contribution in [0.5, 0.6) is 0 Å². The molecule has 0 saturated heterocycles. The van der Waals surface area contributed by atoms with Crippen LogP contribution in [0.25, 0.3) is 10.9 Å². The number of halogens is 1. The minimum absolute atomic E-state index is 0.324. The van der Waals surface area contributed by atoms with Crippen molar-refractivity contribution in [2.45, 2.75) is 39.3 Å². The van der Waals surface area contributed by atoms with E-state index in [-0.39, 0.29) is 5.54 Å². The summed E-state index contributed by atoms with van der Waals surface area (Å²) in [6, 6.07) is 8.96. The molecule has 3 heteroatoms. The molecule has 0 atom stereocenters. The van der Waals surface area contributed by atoms with Crippen molar-refractivity contribution >= 4 is 26.8 Å². The molecular formula is C14H19BrN2. The first-order valence-corrected chi connectivity index (χ1v) is 6.70. The highest BCUT2D eigenvalue weighted by Gasteiger charge is 2.22. The lowest BCUT2D eigenvalue weighted by Gasteiger charge is -2.24. The van der Waals surface area contributed by atoms with Gasteiger partial charge in [-0.25, -0.2) is 0 Å². The van der Waals surface area contributed by atoms with Crippen molar-refractivity contribution in [3.63, 3.8) is 0 Å². The number of aromatic nitrogens is 1. The summed E-state index contributed by atoms with van der Waals surface area (Å²) in [6.07, 6.45) is 0. The van der Waals surface area contributed by atoms with Gasteiger partial charge in [-0.3, -0.25) is 0 Å². The quantitative estimate of drug-likeness (QED) is 0.885. The van der Waals surface area contributed by atoms with Gasteiger partial charge in [0.15, 0.2) is 0 Å². The molecule has 0 radical (unpaired) electrons. The number of hydrogen-bond acceptors (Lipinski definition) is 1. The molecule has 17 heavy (non-hydrogen) atoms. The topological polar surface area (TPSA) is 30.9 Å². The Morgan fingerprint density at radius 2 is 1.88 bits per heavy atom. The molecule has 0 amide bonds. The molecule has 92 valence electrons. The Balaban J connectivity index is 2.81. The Kier molecular flexibility index (Phi) is 3.08. The minimum atomic E-state index is -0.324. The van der Waals surface area contributed by atoms with Crippen LogP contribution in [0.1, 0.15) is 39.4 Å². The zero-order valence-electron chi connectivity index (χ0n) is 10.8. The van der Waals surface area contributed by atoms with Crippen molar-refractivity contribution in [1.29, 1.82) is 0 Å². The molecule has 1 aromatic heterocycles. The summed E-state index contributed by atoms with van der Waals surface area (Å²) in [7, 11) is 0. The molecule has 2 aromatic rings. The summed E-state index contributed by atoms with van der Waals surface area (Å²) in [4.78, 5) is 0. The lowest BCUT2D eigenvalue weighted by atomic mass is 10.0. The lowest BCUT2D eigenvalue weighted by Crippen LogP contribution is -2.32. The van der Waals surface area contributed by atoms with Crippen LogP contribution < -0.4 is 5.73 Å². The van der Waals surface area contributed by atoms with Crippen LogP contribution in [0, 0.1) is 0 Å². The van der Waals surface area contributed by atoms with E-state index in [1.807, 2.05) is 0 Å². The van der Waals surface area contributed by atoms with Gasteiger partial charge in [0.25, 0.3) is 0 Å². The van der Waals surface area contributed by atoms with Gasteiger partial charge in [0.2, 0.25) is 0 Å². The van der Waals surface area contributed by atoms with Crippen LogP contribution in [-0.2, 0) is 5.54 Å². The van der Waals surface area contributed by atoms with E-state index >= 15 is 0 Å². The van der Waals surface area contributed by atoms with Gasteiger partial charge in [-0.1, -0.05) is 22.0 Å². The minimum Gasteiger partial charge on any atom is -0.340 e. The molecule has 0 aliphatic heterocycles. The smallest absolute Gasteiger partial charge is 0.0506 e. The first kappa shape index (κ1) is 12.7. The molecule has 2 rings (SSSR count). The zero-order chi connectivity index (χ0) is 12.8. The Bertz CT molecular complexity index is 547. The van der Waals surface area contributed by atoms with Crippen LogP contribution >= 0.6 is 15.9 Å². The van der Waals surface area contributed by atoms with Gasteiger partial charge >= 0.3 is 0 Å². The van der Waals surface area contributed by atoms with Crippen molar-refractivity contribution < 1.29 is 0 Å². The molecule has 1 heterocycles. The van der Waals surface area contributed by atoms with Gasteiger partial charge in [0, 0.05) is 27.1 Å². The van der Waals surface area contributed by atoms with E-state index in [2.05, 4.69) is 72.5 Å². The molecule has 0 fully saturated rings. The van der Waals surface area contributed by atoms with Gasteiger partial charge in [0.05, 0.1) is 5.54 Å². The standard InChI is InChI=1S/C14H19BrN2/c1-9(2)17-12-8-11(15)6-5-10(12)7-13(17)14(3,4)16/h5-9H,16H2,1-4H3. The van der Waals surface area contributed by atoms with E-state index in [0.29, 0.717) is 6.04 Å². The average Bonchev–Trinajstić information content (AvgIpc) is 2.55. The second-order valence-electron chi connectivity index (χ2n) is 5.42. The highest BCUT2D eigenvalue weighted by molar-refractivity contribution is 9.10. The second kappa shape index (κ2) is 4.14. The summed E-state index contributed by atoms with van der Waals surface area (Å²) < 4.78 is 3.42. The fourth-order valence-electron chi connectivity index (χ4n) is 2.25. The molecule has 0 aliphatic carbocycles. The molecule has 2 nitrogen and oxygen atoms in total. The Morgan fingerprint density at radius 3 is 2.41 bits per heavy atom. The highest BCUT2D eigenvalue weighted by atomic mass is 79.9. The Morgan fingerprint density at radius 1 is 1.24 bits per heavy atom. The van der Waals surface area contributed by atoms with Crippen LogP contribution in [0.4, 0.5) is 0 Å². The molecule has 0 unspecified atom stereocenters. The van der Waals surface area contributed by atoms with Crippen LogP contribution in [0.15, 0.2) is 28.7 Å². The lowest BCUT2D eigenvalue weighted by molar-refractivity contribution is 0.474. The number of benzene rings is 1. The van der Waals surface area contributed by atoms with E-state index in [1.165, 1.54) is 16.6 Å². The second-order valence-corrected chi connectivity index (χ2v) is 6.33. The Labute approximate surface area is 111 Å². The molecule has 0 saturated carbocycles. The SMILES string of the molecule is CC(C)n1c(C(C)(C)N)cc2ccc(Br)cc21. The van der Waals surface area contributed by atoms with Gasteiger partial charge < -0.3 is 10.3 Å². The maximum absolute atomic E-state index is 6.26. The number of hydrogen-bond donors (Lipinski definition) is 1. The average molecular weight is 295 g/mol. The third-order valence-electron chi connectivity index (χ3n) is 2.98. The number of nitrogens with two attached hydrogens (primary N) is 1. The molecule has 0 aliphatic rings. The van der Waals surface area contributed by atoms with Crippen LogP contribution in [-0.4, -0.2) is 4.57 Å². The number of fused-ring (bicyclic) bond motifs is 1. The van der Waals surface area contributed by atoms with Gasteiger partial charge in [-0.2, -0.15) is 0 Å². The Hall–Kier alpha value is -0.800. The number of rotatable bonds is 2. The third-order valence-corrected chi connectivity index (χ3v) is 3.47. The summed E-state index contributed by atoms with van der Waals surface area (Å²) in [5.74, 6) is 0. The molecule has 1 aromatic carbocycles. The summed E-state index contributed by atoms with van der Waals surface area (Å²) in [6.45, 7) is 8.48.